The van der Waals surface area contributed by atoms with Crippen LogP contribution in [-0.4, -0.2) is 72.1 Å². The van der Waals surface area contributed by atoms with Crippen LogP contribution in [0.1, 0.15) is 25.7 Å². The van der Waals surface area contributed by atoms with Crippen LogP contribution in [0.3, 0.4) is 0 Å². The first-order valence-electron chi connectivity index (χ1n) is 7.43. The number of nitrogens with one attached hydrogen (secondary N) is 2. The quantitative estimate of drug-likeness (QED) is 0.557. The van der Waals surface area contributed by atoms with Gasteiger partial charge in [0.05, 0.1) is 19.0 Å². The van der Waals surface area contributed by atoms with Gasteiger partial charge >= 0.3 is 0 Å². The predicted molar refractivity (Wildman–Crippen MR) is 81.4 cm³/mol. The summed E-state index contributed by atoms with van der Waals surface area (Å²) in [5.74, 6) is 0.197. The Morgan fingerprint density at radius 1 is 1.30 bits per heavy atom. The van der Waals surface area contributed by atoms with Gasteiger partial charge in [0.25, 0.3) is 0 Å². The summed E-state index contributed by atoms with van der Waals surface area (Å²) in [5.41, 5.74) is 0. The van der Waals surface area contributed by atoms with Crippen molar-refractivity contribution in [3.05, 3.63) is 0 Å². The van der Waals surface area contributed by atoms with E-state index < -0.39 is 10.0 Å². The van der Waals surface area contributed by atoms with Crippen LogP contribution < -0.4 is 10.0 Å². The maximum absolute atomic E-state index is 11.8. The summed E-state index contributed by atoms with van der Waals surface area (Å²) in [7, 11) is 0.790. The maximum atomic E-state index is 11.8. The lowest BCUT2D eigenvalue weighted by molar-refractivity contribution is 0.122. The van der Waals surface area contributed by atoms with Crippen molar-refractivity contribution in [2.75, 3.05) is 52.7 Å². The third kappa shape index (κ3) is 8.86. The molecule has 1 aliphatic rings. The van der Waals surface area contributed by atoms with Gasteiger partial charge in [-0.2, -0.15) is 0 Å². The van der Waals surface area contributed by atoms with Crippen molar-refractivity contribution in [3.8, 4) is 0 Å². The molecule has 6 nitrogen and oxygen atoms in total. The fraction of sp³-hybridized carbons (Fsp3) is 1.00. The molecule has 0 bridgehead atoms. The van der Waals surface area contributed by atoms with Crippen LogP contribution in [-0.2, 0) is 14.8 Å². The number of hydrogen-bond donors (Lipinski definition) is 2. The minimum Gasteiger partial charge on any atom is -0.379 e. The van der Waals surface area contributed by atoms with Crippen molar-refractivity contribution in [2.45, 2.75) is 31.7 Å². The van der Waals surface area contributed by atoms with E-state index in [1.165, 1.54) is 12.8 Å². The van der Waals surface area contributed by atoms with E-state index in [4.69, 9.17) is 4.74 Å². The van der Waals surface area contributed by atoms with Crippen LogP contribution >= 0.6 is 0 Å². The fourth-order valence-electron chi connectivity index (χ4n) is 2.16. The highest BCUT2D eigenvalue weighted by molar-refractivity contribution is 7.89. The number of hydrogen-bond acceptors (Lipinski definition) is 5. The van der Waals surface area contributed by atoms with Gasteiger partial charge in [0, 0.05) is 19.1 Å². The fourth-order valence-corrected chi connectivity index (χ4v) is 3.29. The van der Waals surface area contributed by atoms with E-state index >= 15 is 0 Å². The lowest BCUT2D eigenvalue weighted by Crippen LogP contribution is -2.37. The molecule has 0 saturated carbocycles. The van der Waals surface area contributed by atoms with Crippen LogP contribution in [0, 0.1) is 0 Å². The molecular formula is C13H29N3O3S. The number of ether oxygens (including phenoxy) is 1. The molecule has 1 fully saturated rings. The largest absolute Gasteiger partial charge is 0.379 e. The Morgan fingerprint density at radius 2 is 2.10 bits per heavy atom. The molecule has 1 atom stereocenters. The zero-order chi connectivity index (χ0) is 14.8. The molecule has 0 spiro atoms. The molecule has 2 N–H and O–H groups in total. The number of sulfonamides is 1. The average molecular weight is 307 g/mol. The van der Waals surface area contributed by atoms with Gasteiger partial charge in [-0.3, -0.25) is 0 Å². The van der Waals surface area contributed by atoms with E-state index in [0.29, 0.717) is 32.2 Å². The molecule has 0 aromatic carbocycles. The normalized spacial score (nSPS) is 20.4. The van der Waals surface area contributed by atoms with Gasteiger partial charge in [-0.25, -0.2) is 13.1 Å². The SMILES string of the molecule is CN(C)CCOCCNS(=O)(=O)CCC1CCCCN1. The van der Waals surface area contributed by atoms with Crippen molar-refractivity contribution in [3.63, 3.8) is 0 Å². The summed E-state index contributed by atoms with van der Waals surface area (Å²) in [6.07, 6.45) is 4.18. The highest BCUT2D eigenvalue weighted by Gasteiger charge is 2.16. The molecule has 20 heavy (non-hydrogen) atoms. The average Bonchev–Trinajstić information content (AvgIpc) is 2.41. The molecule has 0 radical (unpaired) electrons. The summed E-state index contributed by atoms with van der Waals surface area (Å²) in [5, 5.41) is 3.36. The number of piperidine rings is 1. The molecular weight excluding hydrogens is 278 g/mol. The van der Waals surface area contributed by atoms with Crippen molar-refractivity contribution in [2.24, 2.45) is 0 Å². The Morgan fingerprint density at radius 3 is 2.75 bits per heavy atom. The molecule has 1 unspecified atom stereocenters. The van der Waals surface area contributed by atoms with Crippen LogP contribution in [0.25, 0.3) is 0 Å². The number of rotatable bonds is 10. The molecule has 0 aromatic heterocycles. The molecule has 0 amide bonds. The number of nitrogens with zero attached hydrogens (tertiary/aromatic N) is 1. The molecule has 7 heteroatoms. The Hall–Kier alpha value is -0.210. The van der Waals surface area contributed by atoms with Gasteiger partial charge in [0.15, 0.2) is 0 Å². The molecule has 0 aliphatic carbocycles. The van der Waals surface area contributed by atoms with E-state index in [-0.39, 0.29) is 5.75 Å². The van der Waals surface area contributed by atoms with Gasteiger partial charge in [-0.05, 0) is 39.9 Å². The van der Waals surface area contributed by atoms with E-state index in [0.717, 1.165) is 19.5 Å². The summed E-state index contributed by atoms with van der Waals surface area (Å²) >= 11 is 0. The minimum atomic E-state index is -3.16. The molecule has 1 aliphatic heterocycles. The van der Waals surface area contributed by atoms with Gasteiger partial charge in [0.1, 0.15) is 0 Å². The molecule has 0 aromatic rings. The molecule has 1 heterocycles. The molecule has 1 rings (SSSR count). The van der Waals surface area contributed by atoms with E-state index in [1.54, 1.807) is 0 Å². The second-order valence-corrected chi connectivity index (χ2v) is 7.49. The van der Waals surface area contributed by atoms with E-state index in [1.807, 2.05) is 19.0 Å². The van der Waals surface area contributed by atoms with Gasteiger partial charge in [-0.1, -0.05) is 6.42 Å². The summed E-state index contributed by atoms with van der Waals surface area (Å²) in [6.45, 7) is 3.27. The summed E-state index contributed by atoms with van der Waals surface area (Å²) in [6, 6.07) is 0.358. The van der Waals surface area contributed by atoms with Crippen LogP contribution in [0.2, 0.25) is 0 Å². The predicted octanol–water partition coefficient (Wildman–Crippen LogP) is 0.0162. The Bertz CT molecular complexity index is 341. The van der Waals surface area contributed by atoms with Crippen molar-refractivity contribution < 1.29 is 13.2 Å². The van der Waals surface area contributed by atoms with Crippen LogP contribution in [0.4, 0.5) is 0 Å². The maximum Gasteiger partial charge on any atom is 0.211 e. The third-order valence-corrected chi connectivity index (χ3v) is 4.82. The Labute approximate surface area is 123 Å². The first-order chi connectivity index (χ1) is 9.49. The smallest absolute Gasteiger partial charge is 0.211 e. The standard InChI is InChI=1S/C13H29N3O3S/c1-16(2)9-11-19-10-8-15-20(17,18)12-6-13-5-3-4-7-14-13/h13-15H,3-12H2,1-2H3. The van der Waals surface area contributed by atoms with E-state index in [2.05, 4.69) is 10.0 Å². The topological polar surface area (TPSA) is 70.7 Å². The van der Waals surface area contributed by atoms with Crippen molar-refractivity contribution >= 4 is 10.0 Å². The molecule has 1 saturated heterocycles. The lowest BCUT2D eigenvalue weighted by Gasteiger charge is -2.23. The zero-order valence-electron chi connectivity index (χ0n) is 12.7. The summed E-state index contributed by atoms with van der Waals surface area (Å²) < 4.78 is 31.6. The first-order valence-corrected chi connectivity index (χ1v) is 9.08. The van der Waals surface area contributed by atoms with E-state index in [9.17, 15) is 8.42 Å². The Balaban J connectivity index is 2.05. The van der Waals surface area contributed by atoms with Gasteiger partial charge < -0.3 is 15.0 Å². The first kappa shape index (κ1) is 17.8. The highest BCUT2D eigenvalue weighted by atomic mass is 32.2. The Kier molecular flexibility index (Phi) is 8.63. The zero-order valence-corrected chi connectivity index (χ0v) is 13.5. The second kappa shape index (κ2) is 9.68. The van der Waals surface area contributed by atoms with Gasteiger partial charge in [0.2, 0.25) is 10.0 Å². The lowest BCUT2D eigenvalue weighted by atomic mass is 10.0. The third-order valence-electron chi connectivity index (χ3n) is 3.40. The minimum absolute atomic E-state index is 0.197. The summed E-state index contributed by atoms with van der Waals surface area (Å²) in [4.78, 5) is 2.03. The van der Waals surface area contributed by atoms with Crippen molar-refractivity contribution in [1.29, 1.82) is 0 Å². The molecule has 120 valence electrons. The van der Waals surface area contributed by atoms with Crippen LogP contribution in [0.5, 0.6) is 0 Å². The monoisotopic (exact) mass is 307 g/mol. The second-order valence-electron chi connectivity index (χ2n) is 5.56. The van der Waals surface area contributed by atoms with Crippen molar-refractivity contribution in [1.82, 2.24) is 14.9 Å². The highest BCUT2D eigenvalue weighted by Crippen LogP contribution is 2.10. The van der Waals surface area contributed by atoms with Gasteiger partial charge in [-0.15, -0.1) is 0 Å². The van der Waals surface area contributed by atoms with Crippen LogP contribution in [0.15, 0.2) is 0 Å². The number of likely N-dealkylation sites (N-methyl/N-ethyl adjacent to an activating group) is 1.